The molecule has 1 aliphatic rings. The Hall–Kier alpha value is -2.47. The van der Waals surface area contributed by atoms with Crippen LogP contribution in [0.4, 0.5) is 13.2 Å². The molecule has 0 N–H and O–H groups in total. The van der Waals surface area contributed by atoms with Gasteiger partial charge in [-0.3, -0.25) is 0 Å². The van der Waals surface area contributed by atoms with Crippen molar-refractivity contribution in [3.63, 3.8) is 0 Å². The fourth-order valence-electron chi connectivity index (χ4n) is 4.39. The quantitative estimate of drug-likeness (QED) is 0.550. The summed E-state index contributed by atoms with van der Waals surface area (Å²) in [6.45, 7) is 5.77. The van der Waals surface area contributed by atoms with E-state index in [9.17, 15) is 13.2 Å². The molecule has 6 heteroatoms. The molecular formula is C23H24F3N3. The molecule has 2 aromatic carbocycles. The van der Waals surface area contributed by atoms with Gasteiger partial charge in [0.15, 0.2) is 0 Å². The maximum Gasteiger partial charge on any atom is 0.416 e. The van der Waals surface area contributed by atoms with Crippen molar-refractivity contribution < 1.29 is 13.2 Å². The lowest BCUT2D eigenvalue weighted by molar-refractivity contribution is -0.137. The number of aromatic nitrogens is 2. The third kappa shape index (κ3) is 3.73. The van der Waals surface area contributed by atoms with Gasteiger partial charge in [-0.1, -0.05) is 24.3 Å². The van der Waals surface area contributed by atoms with Gasteiger partial charge in [0, 0.05) is 17.5 Å². The number of benzene rings is 2. The number of rotatable bonds is 2. The maximum atomic E-state index is 13.0. The lowest BCUT2D eigenvalue weighted by atomic mass is 9.88. The summed E-state index contributed by atoms with van der Waals surface area (Å²) in [6, 6.07) is 9.99. The minimum absolute atomic E-state index is 0.421. The molecule has 0 spiro atoms. The second kappa shape index (κ2) is 7.41. The van der Waals surface area contributed by atoms with E-state index in [1.807, 2.05) is 19.1 Å². The summed E-state index contributed by atoms with van der Waals surface area (Å²) in [5.41, 5.74) is 4.28. The van der Waals surface area contributed by atoms with Crippen molar-refractivity contribution >= 4 is 10.9 Å². The normalized spacial score (nSPS) is 18.3. The number of likely N-dealkylation sites (tertiary alicyclic amines) is 1. The molecule has 0 amide bonds. The largest absolute Gasteiger partial charge is 0.416 e. The molecule has 3 aromatic rings. The predicted octanol–water partition coefficient (Wildman–Crippen LogP) is 5.74. The van der Waals surface area contributed by atoms with Crippen LogP contribution in [-0.4, -0.2) is 35.2 Å². The molecule has 4 rings (SSSR count). The number of nitrogens with zero attached hydrogens (tertiary/aromatic N) is 3. The van der Waals surface area contributed by atoms with Crippen LogP contribution < -0.4 is 0 Å². The third-order valence-electron chi connectivity index (χ3n) is 5.95. The predicted molar refractivity (Wildman–Crippen MR) is 109 cm³/mol. The van der Waals surface area contributed by atoms with Crippen LogP contribution in [0.5, 0.6) is 0 Å². The van der Waals surface area contributed by atoms with Gasteiger partial charge in [-0.25, -0.2) is 0 Å². The number of hydrogen-bond donors (Lipinski definition) is 0. The lowest BCUT2D eigenvalue weighted by Gasteiger charge is -2.30. The van der Waals surface area contributed by atoms with Gasteiger partial charge in [0.25, 0.3) is 0 Å². The Bertz CT molecular complexity index is 1060. The van der Waals surface area contributed by atoms with Crippen LogP contribution in [-0.2, 0) is 6.18 Å². The van der Waals surface area contributed by atoms with E-state index in [2.05, 4.69) is 28.2 Å². The van der Waals surface area contributed by atoms with Gasteiger partial charge in [-0.15, -0.1) is 10.2 Å². The Balaban J connectivity index is 1.80. The van der Waals surface area contributed by atoms with Crippen LogP contribution in [0.25, 0.3) is 22.2 Å². The van der Waals surface area contributed by atoms with Gasteiger partial charge in [-0.2, -0.15) is 13.2 Å². The van der Waals surface area contributed by atoms with Gasteiger partial charge in [0.1, 0.15) is 0 Å². The highest BCUT2D eigenvalue weighted by molar-refractivity contribution is 5.89. The molecule has 0 radical (unpaired) electrons. The van der Waals surface area contributed by atoms with Crippen LogP contribution in [0.2, 0.25) is 0 Å². The lowest BCUT2D eigenvalue weighted by Crippen LogP contribution is -2.31. The number of fused-ring (bicyclic) bond motifs is 1. The topological polar surface area (TPSA) is 29.0 Å². The zero-order valence-electron chi connectivity index (χ0n) is 16.8. The van der Waals surface area contributed by atoms with Crippen molar-refractivity contribution in [1.82, 2.24) is 15.1 Å². The van der Waals surface area contributed by atoms with Gasteiger partial charge in [-0.05, 0) is 75.0 Å². The highest BCUT2D eigenvalue weighted by Crippen LogP contribution is 2.36. The van der Waals surface area contributed by atoms with Crippen molar-refractivity contribution in [2.45, 2.75) is 38.8 Å². The highest BCUT2D eigenvalue weighted by atomic mass is 19.4. The summed E-state index contributed by atoms with van der Waals surface area (Å²) in [4.78, 5) is 2.34. The summed E-state index contributed by atoms with van der Waals surface area (Å²) < 4.78 is 39.0. The van der Waals surface area contributed by atoms with Crippen LogP contribution >= 0.6 is 0 Å². The Morgan fingerprint density at radius 1 is 1.07 bits per heavy atom. The first-order valence-electron chi connectivity index (χ1n) is 9.88. The summed E-state index contributed by atoms with van der Waals surface area (Å²) in [5.74, 6) is 0.421. The standard InChI is InChI=1S/C23H24F3N3/c1-14-12-17(23(24,25)26)9-10-18(14)21-15(2)19-7-4-8-20(22(19)28-27-21)16-6-5-11-29(3)13-16/h4,7-10,12,16H,5-6,11,13H2,1-3H3. The molecule has 1 atom stereocenters. The smallest absolute Gasteiger partial charge is 0.306 e. The number of hydrogen-bond acceptors (Lipinski definition) is 3. The zero-order valence-corrected chi connectivity index (χ0v) is 16.8. The monoisotopic (exact) mass is 399 g/mol. The fraction of sp³-hybridized carbons (Fsp3) is 0.391. The molecule has 1 unspecified atom stereocenters. The molecule has 0 aliphatic carbocycles. The third-order valence-corrected chi connectivity index (χ3v) is 5.95. The highest BCUT2D eigenvalue weighted by Gasteiger charge is 2.31. The van der Waals surface area contributed by atoms with Crippen molar-refractivity contribution in [1.29, 1.82) is 0 Å². The average Bonchev–Trinajstić information content (AvgIpc) is 2.68. The first-order chi connectivity index (χ1) is 13.8. The van der Waals surface area contributed by atoms with Gasteiger partial charge >= 0.3 is 6.18 Å². The molecule has 2 heterocycles. The molecule has 1 saturated heterocycles. The van der Waals surface area contributed by atoms with E-state index in [1.54, 1.807) is 6.92 Å². The average molecular weight is 399 g/mol. The van der Waals surface area contributed by atoms with E-state index in [1.165, 1.54) is 17.7 Å². The minimum Gasteiger partial charge on any atom is -0.306 e. The SMILES string of the molecule is Cc1cc(C(F)(F)F)ccc1-c1nnc2c(C3CCCN(C)C3)cccc2c1C. The summed E-state index contributed by atoms with van der Waals surface area (Å²) in [5, 5.41) is 10.0. The minimum atomic E-state index is -4.35. The van der Waals surface area contributed by atoms with E-state index in [4.69, 9.17) is 0 Å². The molecule has 1 aromatic heterocycles. The Kier molecular flexibility index (Phi) is 5.07. The van der Waals surface area contributed by atoms with E-state index in [-0.39, 0.29) is 0 Å². The van der Waals surface area contributed by atoms with Gasteiger partial charge < -0.3 is 4.90 Å². The first kappa shape index (κ1) is 19.8. The Morgan fingerprint density at radius 2 is 1.86 bits per heavy atom. The molecule has 0 bridgehead atoms. The van der Waals surface area contributed by atoms with Gasteiger partial charge in [0.05, 0.1) is 16.8 Å². The number of alkyl halides is 3. The van der Waals surface area contributed by atoms with Crippen LogP contribution in [0.3, 0.4) is 0 Å². The molecule has 3 nitrogen and oxygen atoms in total. The van der Waals surface area contributed by atoms with Crippen molar-refractivity contribution in [3.8, 4) is 11.3 Å². The number of piperidine rings is 1. The molecular weight excluding hydrogens is 375 g/mol. The van der Waals surface area contributed by atoms with E-state index >= 15 is 0 Å². The second-order valence-corrected chi connectivity index (χ2v) is 8.05. The zero-order chi connectivity index (χ0) is 20.8. The van der Waals surface area contributed by atoms with E-state index < -0.39 is 11.7 Å². The van der Waals surface area contributed by atoms with Crippen molar-refractivity contribution in [2.24, 2.45) is 0 Å². The maximum absolute atomic E-state index is 13.0. The number of likely N-dealkylation sites (N-methyl/N-ethyl adjacent to an activating group) is 1. The molecule has 0 saturated carbocycles. The van der Waals surface area contributed by atoms with Gasteiger partial charge in [0.2, 0.25) is 0 Å². The first-order valence-corrected chi connectivity index (χ1v) is 9.88. The summed E-state index contributed by atoms with van der Waals surface area (Å²) in [7, 11) is 2.14. The molecule has 1 fully saturated rings. The van der Waals surface area contributed by atoms with E-state index in [0.29, 0.717) is 22.7 Å². The number of halogens is 3. The number of aryl methyl sites for hydroxylation is 2. The summed E-state index contributed by atoms with van der Waals surface area (Å²) in [6.07, 6.45) is -2.06. The summed E-state index contributed by atoms with van der Waals surface area (Å²) >= 11 is 0. The van der Waals surface area contributed by atoms with Crippen LogP contribution in [0.1, 0.15) is 41.0 Å². The van der Waals surface area contributed by atoms with Crippen molar-refractivity contribution in [3.05, 3.63) is 58.7 Å². The Labute approximate surface area is 168 Å². The van der Waals surface area contributed by atoms with E-state index in [0.717, 1.165) is 48.5 Å². The Morgan fingerprint density at radius 3 is 2.55 bits per heavy atom. The van der Waals surface area contributed by atoms with Crippen LogP contribution in [0, 0.1) is 13.8 Å². The molecule has 29 heavy (non-hydrogen) atoms. The molecule has 1 aliphatic heterocycles. The molecule has 152 valence electrons. The second-order valence-electron chi connectivity index (χ2n) is 8.05. The fourth-order valence-corrected chi connectivity index (χ4v) is 4.39. The van der Waals surface area contributed by atoms with Crippen LogP contribution in [0.15, 0.2) is 36.4 Å². The van der Waals surface area contributed by atoms with Crippen molar-refractivity contribution in [2.75, 3.05) is 20.1 Å².